The summed E-state index contributed by atoms with van der Waals surface area (Å²) in [6.07, 6.45) is 0. The molecule has 62 heavy (non-hydrogen) atoms. The molecule has 12 aromatic rings. The molecule has 0 N–H and O–H groups in total. The lowest BCUT2D eigenvalue weighted by Crippen LogP contribution is -2.01. The minimum absolute atomic E-state index is 0.630. The standard InChI is InChI=1S/C58H36N4/c1-2-12-37(13-3-1)45-33-35-53-52(36-45)54-48-21-9-6-16-42(48)32-34-51(54)55(59-53)43-28-24-38(25-29-43)39-26-30-44(31-27-39)56-60-57(49-22-10-17-40-14-4-7-19-46(40)49)62-58(61-56)50-23-11-18-41-15-5-8-20-47(41)50/h1-36H. The number of rotatable bonds is 6. The van der Waals surface area contributed by atoms with Crippen LogP contribution in [0.4, 0.5) is 0 Å². The predicted octanol–water partition coefficient (Wildman–Crippen LogP) is 15.0. The molecule has 2 aromatic heterocycles. The summed E-state index contributed by atoms with van der Waals surface area (Å²) in [5, 5.41) is 10.5. The Morgan fingerprint density at radius 3 is 1.34 bits per heavy atom. The van der Waals surface area contributed by atoms with Gasteiger partial charge in [-0.3, -0.25) is 0 Å². The van der Waals surface area contributed by atoms with Crippen LogP contribution in [0.25, 0.3) is 122 Å². The van der Waals surface area contributed by atoms with E-state index in [1.54, 1.807) is 0 Å². The molecule has 0 aliphatic carbocycles. The summed E-state index contributed by atoms with van der Waals surface area (Å²) in [6.45, 7) is 0. The minimum Gasteiger partial charge on any atom is -0.247 e. The normalized spacial score (nSPS) is 11.5. The zero-order valence-electron chi connectivity index (χ0n) is 33.6. The number of benzene rings is 10. The molecule has 0 fully saturated rings. The van der Waals surface area contributed by atoms with Gasteiger partial charge in [0.2, 0.25) is 0 Å². The van der Waals surface area contributed by atoms with Gasteiger partial charge in [0.15, 0.2) is 17.5 Å². The molecule has 0 saturated heterocycles. The van der Waals surface area contributed by atoms with Gasteiger partial charge in [0, 0.05) is 38.4 Å². The maximum absolute atomic E-state index is 5.34. The Kier molecular flexibility index (Phi) is 8.46. The highest BCUT2D eigenvalue weighted by atomic mass is 15.0. The third kappa shape index (κ3) is 6.16. The van der Waals surface area contributed by atoms with Gasteiger partial charge in [0.1, 0.15) is 0 Å². The maximum atomic E-state index is 5.34. The summed E-state index contributed by atoms with van der Waals surface area (Å²) in [6, 6.07) is 77.0. The Balaban J connectivity index is 0.931. The van der Waals surface area contributed by atoms with E-state index in [9.17, 15) is 0 Å². The van der Waals surface area contributed by atoms with Gasteiger partial charge in [0.25, 0.3) is 0 Å². The number of fused-ring (bicyclic) bond motifs is 7. The molecule has 0 aliphatic heterocycles. The molecule has 288 valence electrons. The van der Waals surface area contributed by atoms with Gasteiger partial charge in [-0.1, -0.05) is 206 Å². The molecule has 4 heteroatoms. The van der Waals surface area contributed by atoms with Crippen LogP contribution in [0.3, 0.4) is 0 Å². The highest BCUT2D eigenvalue weighted by Gasteiger charge is 2.17. The van der Waals surface area contributed by atoms with Crippen LogP contribution in [0.5, 0.6) is 0 Å². The molecular weight excluding hydrogens is 753 g/mol. The van der Waals surface area contributed by atoms with Gasteiger partial charge in [-0.05, 0) is 66.7 Å². The first kappa shape index (κ1) is 35.6. The minimum atomic E-state index is 0.630. The Morgan fingerprint density at radius 2 is 0.710 bits per heavy atom. The average molecular weight is 789 g/mol. The van der Waals surface area contributed by atoms with Crippen LogP contribution < -0.4 is 0 Å². The van der Waals surface area contributed by atoms with E-state index in [2.05, 4.69) is 218 Å². The molecule has 0 amide bonds. The monoisotopic (exact) mass is 788 g/mol. The Hall–Kier alpha value is -8.34. The number of pyridine rings is 1. The first-order valence-corrected chi connectivity index (χ1v) is 21.0. The smallest absolute Gasteiger partial charge is 0.164 e. The molecule has 10 aromatic carbocycles. The number of hydrogen-bond donors (Lipinski definition) is 0. The lowest BCUT2D eigenvalue weighted by molar-refractivity contribution is 1.08. The van der Waals surface area contributed by atoms with E-state index >= 15 is 0 Å². The number of nitrogens with zero attached hydrogens (tertiary/aromatic N) is 4. The fourth-order valence-corrected chi connectivity index (χ4v) is 9.02. The van der Waals surface area contributed by atoms with Crippen LogP contribution in [-0.4, -0.2) is 19.9 Å². The third-order valence-corrected chi connectivity index (χ3v) is 12.1. The first-order valence-electron chi connectivity index (χ1n) is 21.0. The zero-order chi connectivity index (χ0) is 41.0. The summed E-state index contributed by atoms with van der Waals surface area (Å²) in [5.74, 6) is 1.92. The quantitative estimate of drug-likeness (QED) is 0.158. The maximum Gasteiger partial charge on any atom is 0.164 e. The van der Waals surface area contributed by atoms with Gasteiger partial charge < -0.3 is 0 Å². The highest BCUT2D eigenvalue weighted by molar-refractivity contribution is 6.22. The fourth-order valence-electron chi connectivity index (χ4n) is 9.02. The zero-order valence-corrected chi connectivity index (χ0v) is 33.6. The molecule has 0 atom stereocenters. The summed E-state index contributed by atoms with van der Waals surface area (Å²) in [5.41, 5.74) is 10.5. The van der Waals surface area contributed by atoms with Crippen LogP contribution in [0.1, 0.15) is 0 Å². The average Bonchev–Trinajstić information content (AvgIpc) is 3.35. The summed E-state index contributed by atoms with van der Waals surface area (Å²) in [7, 11) is 0. The largest absolute Gasteiger partial charge is 0.247 e. The lowest BCUT2D eigenvalue weighted by Gasteiger charge is -2.14. The lowest BCUT2D eigenvalue weighted by atomic mass is 9.93. The fraction of sp³-hybridized carbons (Fsp3) is 0. The molecule has 2 heterocycles. The van der Waals surface area contributed by atoms with Crippen molar-refractivity contribution in [3.05, 3.63) is 218 Å². The molecular formula is C58H36N4. The van der Waals surface area contributed by atoms with Crippen LogP contribution in [0.2, 0.25) is 0 Å². The van der Waals surface area contributed by atoms with Crippen molar-refractivity contribution in [3.63, 3.8) is 0 Å². The Bertz CT molecular complexity index is 3560. The second-order valence-corrected chi connectivity index (χ2v) is 15.8. The van der Waals surface area contributed by atoms with E-state index in [4.69, 9.17) is 19.9 Å². The summed E-state index contributed by atoms with van der Waals surface area (Å²) in [4.78, 5) is 20.7. The van der Waals surface area contributed by atoms with Crippen molar-refractivity contribution < 1.29 is 0 Å². The van der Waals surface area contributed by atoms with Gasteiger partial charge in [-0.25, -0.2) is 19.9 Å². The summed E-state index contributed by atoms with van der Waals surface area (Å²) >= 11 is 0. The van der Waals surface area contributed by atoms with E-state index in [1.165, 1.54) is 27.3 Å². The molecule has 4 nitrogen and oxygen atoms in total. The van der Waals surface area contributed by atoms with Crippen LogP contribution in [-0.2, 0) is 0 Å². The van der Waals surface area contributed by atoms with E-state index in [1.807, 2.05) is 0 Å². The molecule has 0 saturated carbocycles. The van der Waals surface area contributed by atoms with Crippen LogP contribution in [0.15, 0.2) is 218 Å². The molecule has 0 aliphatic rings. The van der Waals surface area contributed by atoms with Gasteiger partial charge in [0.05, 0.1) is 11.2 Å². The predicted molar refractivity (Wildman–Crippen MR) is 258 cm³/mol. The van der Waals surface area contributed by atoms with Crippen molar-refractivity contribution in [2.75, 3.05) is 0 Å². The second-order valence-electron chi connectivity index (χ2n) is 15.8. The van der Waals surface area contributed by atoms with Crippen molar-refractivity contribution >= 4 is 54.0 Å². The van der Waals surface area contributed by atoms with Crippen molar-refractivity contribution in [1.82, 2.24) is 19.9 Å². The van der Waals surface area contributed by atoms with E-state index < -0.39 is 0 Å². The highest BCUT2D eigenvalue weighted by Crippen LogP contribution is 2.39. The molecule has 0 radical (unpaired) electrons. The second kappa shape index (κ2) is 14.7. The van der Waals surface area contributed by atoms with Gasteiger partial charge >= 0.3 is 0 Å². The molecule has 0 unspecified atom stereocenters. The topological polar surface area (TPSA) is 51.6 Å². The Morgan fingerprint density at radius 1 is 0.242 bits per heavy atom. The van der Waals surface area contributed by atoms with E-state index in [0.29, 0.717) is 17.5 Å². The number of aromatic nitrogens is 4. The molecule has 12 rings (SSSR count). The van der Waals surface area contributed by atoms with Crippen molar-refractivity contribution in [1.29, 1.82) is 0 Å². The van der Waals surface area contributed by atoms with Crippen LogP contribution >= 0.6 is 0 Å². The van der Waals surface area contributed by atoms with Crippen molar-refractivity contribution in [2.45, 2.75) is 0 Å². The summed E-state index contributed by atoms with van der Waals surface area (Å²) < 4.78 is 0. The Labute approximate surface area is 358 Å². The number of hydrogen-bond acceptors (Lipinski definition) is 4. The van der Waals surface area contributed by atoms with Crippen molar-refractivity contribution in [2.24, 2.45) is 0 Å². The SMILES string of the molecule is c1ccc(-c2ccc3nc(-c4ccc(-c5ccc(-c6nc(-c7cccc8ccccc78)nc(-c7cccc8ccccc78)n6)cc5)cc4)c4ccc5ccccc5c4c3c2)cc1. The third-order valence-electron chi connectivity index (χ3n) is 12.1. The van der Waals surface area contributed by atoms with E-state index in [-0.39, 0.29) is 0 Å². The van der Waals surface area contributed by atoms with Crippen LogP contribution in [0, 0.1) is 0 Å². The first-order chi connectivity index (χ1) is 30.7. The van der Waals surface area contributed by atoms with E-state index in [0.717, 1.165) is 76.9 Å². The van der Waals surface area contributed by atoms with Gasteiger partial charge in [-0.2, -0.15) is 0 Å². The van der Waals surface area contributed by atoms with Gasteiger partial charge in [-0.15, -0.1) is 0 Å². The van der Waals surface area contributed by atoms with Crippen molar-refractivity contribution in [3.8, 4) is 67.7 Å². The molecule has 0 spiro atoms. The molecule has 0 bridgehead atoms.